The normalized spacial score (nSPS) is 10.7. The lowest BCUT2D eigenvalue weighted by molar-refractivity contribution is -0.135. The summed E-state index contributed by atoms with van der Waals surface area (Å²) in [7, 11) is -3.25. The maximum atomic E-state index is 11.6. The molecule has 6 heteroatoms. The van der Waals surface area contributed by atoms with Crippen molar-refractivity contribution >= 4 is 21.5 Å². The van der Waals surface area contributed by atoms with Crippen molar-refractivity contribution in [3.8, 4) is 12.3 Å². The Balaban J connectivity index is 3.02. The molecule has 0 aromatic heterocycles. The Bertz CT molecular complexity index is 584. The van der Waals surface area contributed by atoms with Gasteiger partial charge in [-0.25, -0.2) is 8.42 Å². The highest BCUT2D eigenvalue weighted by molar-refractivity contribution is 7.91. The third-order valence-electron chi connectivity index (χ3n) is 2.55. The van der Waals surface area contributed by atoms with Crippen LogP contribution in [0.4, 0.5) is 5.69 Å². The van der Waals surface area contributed by atoms with Crippen LogP contribution in [0.1, 0.15) is 6.92 Å². The van der Waals surface area contributed by atoms with Crippen molar-refractivity contribution in [1.82, 2.24) is 0 Å². The van der Waals surface area contributed by atoms with E-state index in [0.717, 1.165) is 0 Å². The molecule has 0 fully saturated rings. The van der Waals surface area contributed by atoms with Crippen LogP contribution in [0, 0.1) is 12.3 Å². The van der Waals surface area contributed by atoms with Crippen LogP contribution in [0.15, 0.2) is 29.2 Å². The Morgan fingerprint density at radius 1 is 1.37 bits per heavy atom. The van der Waals surface area contributed by atoms with Gasteiger partial charge in [0.2, 0.25) is 0 Å². The summed E-state index contributed by atoms with van der Waals surface area (Å²) in [6.45, 7) is 1.48. The fraction of sp³-hybridized carbons (Fsp3) is 0.308. The first-order valence-electron chi connectivity index (χ1n) is 5.63. The molecular formula is C13H15NO4S. The van der Waals surface area contributed by atoms with Crippen LogP contribution >= 0.6 is 0 Å². The molecule has 0 saturated heterocycles. The average molecular weight is 281 g/mol. The second-order valence-corrected chi connectivity index (χ2v) is 6.13. The Morgan fingerprint density at radius 3 is 2.37 bits per heavy atom. The Morgan fingerprint density at radius 2 is 1.95 bits per heavy atom. The predicted octanol–water partition coefficient (Wildman–Crippen LogP) is 1.00. The topological polar surface area (TPSA) is 74.7 Å². The van der Waals surface area contributed by atoms with E-state index >= 15 is 0 Å². The number of hydrogen-bond acceptors (Lipinski definition) is 4. The second kappa shape index (κ2) is 6.25. The number of carboxylic acids is 1. The van der Waals surface area contributed by atoms with Gasteiger partial charge in [-0.1, -0.05) is 12.8 Å². The highest BCUT2D eigenvalue weighted by Crippen LogP contribution is 2.18. The predicted molar refractivity (Wildman–Crippen MR) is 72.9 cm³/mol. The molecule has 0 heterocycles. The molecule has 0 atom stereocenters. The molecular weight excluding hydrogens is 266 g/mol. The largest absolute Gasteiger partial charge is 0.480 e. The van der Waals surface area contributed by atoms with Crippen molar-refractivity contribution in [3.05, 3.63) is 24.3 Å². The number of terminal acetylenes is 1. The van der Waals surface area contributed by atoms with E-state index in [4.69, 9.17) is 11.5 Å². The first-order valence-corrected chi connectivity index (χ1v) is 7.29. The molecule has 1 aromatic rings. The van der Waals surface area contributed by atoms with Gasteiger partial charge in [0, 0.05) is 5.69 Å². The number of nitrogens with zero attached hydrogens (tertiary/aromatic N) is 1. The summed E-state index contributed by atoms with van der Waals surface area (Å²) in [5.41, 5.74) is 0.579. The van der Waals surface area contributed by atoms with Crippen LogP contribution in [0.5, 0.6) is 0 Å². The maximum absolute atomic E-state index is 11.6. The SMILES string of the molecule is C#CCN(CC(=O)O)c1ccc(S(=O)(=O)CC)cc1. The van der Waals surface area contributed by atoms with Crippen LogP contribution in [-0.4, -0.2) is 38.3 Å². The Hall–Kier alpha value is -2.00. The van der Waals surface area contributed by atoms with E-state index < -0.39 is 15.8 Å². The minimum Gasteiger partial charge on any atom is -0.480 e. The van der Waals surface area contributed by atoms with Gasteiger partial charge >= 0.3 is 5.97 Å². The second-order valence-electron chi connectivity index (χ2n) is 3.85. The van der Waals surface area contributed by atoms with E-state index in [2.05, 4.69) is 5.92 Å². The summed E-state index contributed by atoms with van der Waals surface area (Å²) in [6.07, 6.45) is 5.18. The number of carbonyl (C=O) groups is 1. The summed E-state index contributed by atoms with van der Waals surface area (Å²) in [6, 6.07) is 6.03. The van der Waals surface area contributed by atoms with E-state index in [1.54, 1.807) is 19.1 Å². The minimum atomic E-state index is -3.25. The van der Waals surface area contributed by atoms with E-state index in [-0.39, 0.29) is 23.7 Å². The highest BCUT2D eigenvalue weighted by Gasteiger charge is 2.13. The third kappa shape index (κ3) is 4.00. The molecule has 1 rings (SSSR count). The van der Waals surface area contributed by atoms with Crippen molar-refractivity contribution in [1.29, 1.82) is 0 Å². The molecule has 0 unspecified atom stereocenters. The molecule has 0 bridgehead atoms. The standard InChI is InChI=1S/C13H15NO4S/c1-3-9-14(10-13(15)16)11-5-7-12(8-6-11)19(17,18)4-2/h1,5-8H,4,9-10H2,2H3,(H,15,16). The summed E-state index contributed by atoms with van der Waals surface area (Å²) in [5, 5.41) is 8.79. The van der Waals surface area contributed by atoms with E-state index in [0.29, 0.717) is 5.69 Å². The molecule has 102 valence electrons. The van der Waals surface area contributed by atoms with Crippen LogP contribution in [0.3, 0.4) is 0 Å². The monoisotopic (exact) mass is 281 g/mol. The third-order valence-corrected chi connectivity index (χ3v) is 4.30. The fourth-order valence-electron chi connectivity index (χ4n) is 1.54. The van der Waals surface area contributed by atoms with Crippen molar-refractivity contribution in [2.24, 2.45) is 0 Å². The zero-order valence-electron chi connectivity index (χ0n) is 10.5. The summed E-state index contributed by atoms with van der Waals surface area (Å²) >= 11 is 0. The van der Waals surface area contributed by atoms with Gasteiger partial charge in [-0.05, 0) is 24.3 Å². The quantitative estimate of drug-likeness (QED) is 0.787. The molecule has 0 spiro atoms. The van der Waals surface area contributed by atoms with Crippen LogP contribution in [0.25, 0.3) is 0 Å². The van der Waals surface area contributed by atoms with Gasteiger partial charge in [0.15, 0.2) is 9.84 Å². The lowest BCUT2D eigenvalue weighted by Crippen LogP contribution is -2.29. The van der Waals surface area contributed by atoms with Crippen LogP contribution in [-0.2, 0) is 14.6 Å². The van der Waals surface area contributed by atoms with Gasteiger partial charge in [0.05, 0.1) is 17.2 Å². The van der Waals surface area contributed by atoms with Gasteiger partial charge in [0.1, 0.15) is 6.54 Å². The first-order chi connectivity index (χ1) is 8.90. The van der Waals surface area contributed by atoms with Gasteiger partial charge in [0.25, 0.3) is 0 Å². The van der Waals surface area contributed by atoms with Crippen molar-refractivity contribution in [2.45, 2.75) is 11.8 Å². The zero-order chi connectivity index (χ0) is 14.5. The van der Waals surface area contributed by atoms with E-state index in [1.807, 2.05) is 0 Å². The summed E-state index contributed by atoms with van der Waals surface area (Å²) < 4.78 is 23.3. The molecule has 0 aliphatic heterocycles. The number of hydrogen-bond donors (Lipinski definition) is 1. The maximum Gasteiger partial charge on any atom is 0.323 e. The minimum absolute atomic E-state index is 0.0234. The molecule has 0 aliphatic carbocycles. The van der Waals surface area contributed by atoms with Gasteiger partial charge in [-0.3, -0.25) is 4.79 Å². The molecule has 0 aliphatic rings. The Labute approximate surface area is 112 Å². The fourth-order valence-corrected chi connectivity index (χ4v) is 2.43. The molecule has 1 aromatic carbocycles. The van der Waals surface area contributed by atoms with Gasteiger partial charge < -0.3 is 10.0 Å². The number of rotatable bonds is 6. The summed E-state index contributed by atoms with van der Waals surface area (Å²) in [5.74, 6) is 1.40. The first kappa shape index (κ1) is 15.1. The number of carboxylic acid groups (broad SMARTS) is 1. The highest BCUT2D eigenvalue weighted by atomic mass is 32.2. The Kier molecular flexibility index (Phi) is 4.95. The molecule has 19 heavy (non-hydrogen) atoms. The molecule has 1 N–H and O–H groups in total. The van der Waals surface area contributed by atoms with Gasteiger partial charge in [-0.15, -0.1) is 6.42 Å². The molecule has 0 amide bonds. The van der Waals surface area contributed by atoms with Crippen molar-refractivity contribution < 1.29 is 18.3 Å². The van der Waals surface area contributed by atoms with Crippen molar-refractivity contribution in [3.63, 3.8) is 0 Å². The molecule has 0 radical (unpaired) electrons. The average Bonchev–Trinajstić information content (AvgIpc) is 2.38. The van der Waals surface area contributed by atoms with E-state index in [1.165, 1.54) is 17.0 Å². The van der Waals surface area contributed by atoms with Gasteiger partial charge in [-0.2, -0.15) is 0 Å². The number of aliphatic carboxylic acids is 1. The smallest absolute Gasteiger partial charge is 0.323 e. The molecule has 5 nitrogen and oxygen atoms in total. The van der Waals surface area contributed by atoms with Crippen LogP contribution < -0.4 is 4.90 Å². The lowest BCUT2D eigenvalue weighted by atomic mass is 10.3. The zero-order valence-corrected chi connectivity index (χ0v) is 11.4. The van der Waals surface area contributed by atoms with E-state index in [9.17, 15) is 13.2 Å². The van der Waals surface area contributed by atoms with Crippen molar-refractivity contribution in [2.75, 3.05) is 23.7 Å². The lowest BCUT2D eigenvalue weighted by Gasteiger charge is -2.20. The number of sulfone groups is 1. The summed E-state index contributed by atoms with van der Waals surface area (Å²) in [4.78, 5) is 12.4. The number of anilines is 1. The molecule has 0 saturated carbocycles. The number of benzene rings is 1. The van der Waals surface area contributed by atoms with Crippen LogP contribution in [0.2, 0.25) is 0 Å².